The number of ether oxygens (including phenoxy) is 1. The molecular weight excluding hydrogens is 188 g/mol. The first-order valence-electron chi connectivity index (χ1n) is 4.32. The zero-order chi connectivity index (χ0) is 10.6. The summed E-state index contributed by atoms with van der Waals surface area (Å²) in [5, 5.41) is 0. The van der Waals surface area contributed by atoms with E-state index in [1.807, 2.05) is 0 Å². The predicted octanol–water partition coefficient (Wildman–Crippen LogP) is 1.85. The molecule has 1 unspecified atom stereocenters. The van der Waals surface area contributed by atoms with Crippen LogP contribution >= 0.6 is 0 Å². The molecule has 0 aliphatic carbocycles. The molecule has 78 valence electrons. The van der Waals surface area contributed by atoms with Crippen molar-refractivity contribution in [1.29, 1.82) is 0 Å². The third-order valence-electron chi connectivity index (χ3n) is 2.12. The molecular formula is C10H13F2NO. The number of rotatable bonds is 4. The van der Waals surface area contributed by atoms with Crippen molar-refractivity contribution in [2.24, 2.45) is 5.73 Å². The Balaban J connectivity index is 2.98. The maximum atomic E-state index is 13.0. The average molecular weight is 201 g/mol. The van der Waals surface area contributed by atoms with Gasteiger partial charge in [-0.25, -0.2) is 4.39 Å². The van der Waals surface area contributed by atoms with Gasteiger partial charge in [0.15, 0.2) is 11.6 Å². The second kappa shape index (κ2) is 4.91. The van der Waals surface area contributed by atoms with Crippen LogP contribution in [0.1, 0.15) is 11.5 Å². The first-order chi connectivity index (χ1) is 6.72. The summed E-state index contributed by atoms with van der Waals surface area (Å²) in [6.45, 7) is -0.351. The van der Waals surface area contributed by atoms with Crippen molar-refractivity contribution in [2.75, 3.05) is 20.3 Å². The normalized spacial score (nSPS) is 12.6. The monoisotopic (exact) mass is 201 g/mol. The number of alkyl halides is 1. The summed E-state index contributed by atoms with van der Waals surface area (Å²) in [7, 11) is 1.37. The van der Waals surface area contributed by atoms with Crippen LogP contribution in [-0.2, 0) is 0 Å². The average Bonchev–Trinajstić information content (AvgIpc) is 2.22. The van der Waals surface area contributed by atoms with Crippen LogP contribution in [0.15, 0.2) is 18.2 Å². The lowest BCUT2D eigenvalue weighted by Gasteiger charge is -2.12. The third kappa shape index (κ3) is 2.20. The molecule has 0 aromatic heterocycles. The van der Waals surface area contributed by atoms with Crippen molar-refractivity contribution in [3.05, 3.63) is 29.6 Å². The summed E-state index contributed by atoms with van der Waals surface area (Å²) in [5.74, 6) is -0.718. The van der Waals surface area contributed by atoms with Gasteiger partial charge >= 0.3 is 0 Å². The largest absolute Gasteiger partial charge is 0.494 e. The first kappa shape index (κ1) is 10.9. The van der Waals surface area contributed by atoms with Gasteiger partial charge in [0, 0.05) is 12.5 Å². The maximum absolute atomic E-state index is 13.0. The molecule has 14 heavy (non-hydrogen) atoms. The zero-order valence-corrected chi connectivity index (χ0v) is 7.97. The van der Waals surface area contributed by atoms with Crippen molar-refractivity contribution in [3.8, 4) is 5.75 Å². The van der Waals surface area contributed by atoms with Gasteiger partial charge in [-0.1, -0.05) is 6.07 Å². The number of hydrogen-bond acceptors (Lipinski definition) is 2. The lowest BCUT2D eigenvalue weighted by molar-refractivity contribution is 0.383. The van der Waals surface area contributed by atoms with E-state index in [-0.39, 0.29) is 18.2 Å². The fourth-order valence-electron chi connectivity index (χ4n) is 1.22. The quantitative estimate of drug-likeness (QED) is 0.806. The Morgan fingerprint density at radius 3 is 2.71 bits per heavy atom. The summed E-state index contributed by atoms with van der Waals surface area (Å²) in [6.07, 6.45) is 0. The third-order valence-corrected chi connectivity index (χ3v) is 2.12. The van der Waals surface area contributed by atoms with Gasteiger partial charge in [-0.3, -0.25) is 4.39 Å². The van der Waals surface area contributed by atoms with Crippen LogP contribution in [0, 0.1) is 5.82 Å². The molecule has 1 aromatic rings. The topological polar surface area (TPSA) is 35.2 Å². The fraction of sp³-hybridized carbons (Fsp3) is 0.400. The molecule has 1 aromatic carbocycles. The molecule has 1 rings (SSSR count). The Hall–Kier alpha value is -1.16. The van der Waals surface area contributed by atoms with Crippen molar-refractivity contribution >= 4 is 0 Å². The highest BCUT2D eigenvalue weighted by Crippen LogP contribution is 2.23. The van der Waals surface area contributed by atoms with Gasteiger partial charge in [0.05, 0.1) is 13.8 Å². The summed E-state index contributed by atoms with van der Waals surface area (Å²) in [5.41, 5.74) is 6.03. The molecule has 2 N–H and O–H groups in total. The Bertz CT molecular complexity index is 300. The Morgan fingerprint density at radius 2 is 2.21 bits per heavy atom. The molecule has 0 spiro atoms. The molecule has 0 saturated heterocycles. The molecule has 0 aliphatic rings. The van der Waals surface area contributed by atoms with Gasteiger partial charge < -0.3 is 10.5 Å². The van der Waals surface area contributed by atoms with Crippen LogP contribution in [0.5, 0.6) is 5.75 Å². The lowest BCUT2D eigenvalue weighted by Crippen LogP contribution is -2.14. The van der Waals surface area contributed by atoms with Crippen LogP contribution in [0.4, 0.5) is 8.78 Å². The van der Waals surface area contributed by atoms with Crippen LogP contribution in [0.3, 0.4) is 0 Å². The second-order valence-corrected chi connectivity index (χ2v) is 2.98. The van der Waals surface area contributed by atoms with E-state index in [4.69, 9.17) is 10.5 Å². The van der Waals surface area contributed by atoms with E-state index in [2.05, 4.69) is 0 Å². The molecule has 0 bridgehead atoms. The highest BCUT2D eigenvalue weighted by atomic mass is 19.1. The van der Waals surface area contributed by atoms with E-state index >= 15 is 0 Å². The minimum Gasteiger partial charge on any atom is -0.494 e. The number of nitrogens with two attached hydrogens (primary N) is 1. The van der Waals surface area contributed by atoms with E-state index in [1.54, 1.807) is 0 Å². The second-order valence-electron chi connectivity index (χ2n) is 2.98. The predicted molar refractivity (Wildman–Crippen MR) is 50.7 cm³/mol. The van der Waals surface area contributed by atoms with Crippen LogP contribution in [0.2, 0.25) is 0 Å². The molecule has 0 amide bonds. The minimum absolute atomic E-state index is 0.120. The molecule has 2 nitrogen and oxygen atoms in total. The van der Waals surface area contributed by atoms with Gasteiger partial charge in [0.25, 0.3) is 0 Å². The van der Waals surface area contributed by atoms with Gasteiger partial charge in [-0.2, -0.15) is 0 Å². The highest BCUT2D eigenvalue weighted by molar-refractivity contribution is 5.32. The lowest BCUT2D eigenvalue weighted by atomic mass is 10.0. The van der Waals surface area contributed by atoms with Crippen LogP contribution in [0.25, 0.3) is 0 Å². The van der Waals surface area contributed by atoms with Gasteiger partial charge in [0.2, 0.25) is 0 Å². The number of hydrogen-bond donors (Lipinski definition) is 1. The minimum atomic E-state index is -0.550. The highest BCUT2D eigenvalue weighted by Gasteiger charge is 2.12. The SMILES string of the molecule is COc1cc(C(CN)CF)ccc1F. The van der Waals surface area contributed by atoms with Crippen molar-refractivity contribution in [2.45, 2.75) is 5.92 Å². The Kier molecular flexibility index (Phi) is 3.83. The van der Waals surface area contributed by atoms with Crippen LogP contribution < -0.4 is 10.5 Å². The van der Waals surface area contributed by atoms with Crippen molar-refractivity contribution in [3.63, 3.8) is 0 Å². The zero-order valence-electron chi connectivity index (χ0n) is 7.97. The molecule has 0 radical (unpaired) electrons. The summed E-state index contributed by atoms with van der Waals surface area (Å²) < 4.78 is 30.2. The number of halogens is 2. The molecule has 0 aliphatic heterocycles. The van der Waals surface area contributed by atoms with Crippen molar-refractivity contribution < 1.29 is 13.5 Å². The van der Waals surface area contributed by atoms with E-state index in [1.165, 1.54) is 25.3 Å². The smallest absolute Gasteiger partial charge is 0.165 e. The van der Waals surface area contributed by atoms with Gasteiger partial charge in [-0.05, 0) is 17.7 Å². The standard InChI is InChI=1S/C10H13F2NO/c1-14-10-4-7(2-3-9(10)12)8(5-11)6-13/h2-4,8H,5-6,13H2,1H3. The molecule has 0 fully saturated rings. The van der Waals surface area contributed by atoms with Gasteiger partial charge in [0.1, 0.15) is 0 Å². The van der Waals surface area contributed by atoms with E-state index in [0.717, 1.165) is 0 Å². The fourth-order valence-corrected chi connectivity index (χ4v) is 1.22. The number of methoxy groups -OCH3 is 1. The van der Waals surface area contributed by atoms with E-state index in [0.29, 0.717) is 5.56 Å². The number of benzene rings is 1. The Morgan fingerprint density at radius 1 is 1.50 bits per heavy atom. The van der Waals surface area contributed by atoms with Gasteiger partial charge in [-0.15, -0.1) is 0 Å². The summed E-state index contributed by atoms with van der Waals surface area (Å²) >= 11 is 0. The first-order valence-corrected chi connectivity index (χ1v) is 4.32. The molecule has 0 saturated carbocycles. The molecule has 0 heterocycles. The Labute approximate surface area is 81.7 Å². The van der Waals surface area contributed by atoms with Crippen molar-refractivity contribution in [1.82, 2.24) is 0 Å². The summed E-state index contributed by atoms with van der Waals surface area (Å²) in [6, 6.07) is 4.26. The maximum Gasteiger partial charge on any atom is 0.165 e. The molecule has 1 atom stereocenters. The summed E-state index contributed by atoms with van der Waals surface area (Å²) in [4.78, 5) is 0. The van der Waals surface area contributed by atoms with Crippen LogP contribution in [-0.4, -0.2) is 20.3 Å². The molecule has 4 heteroatoms. The van der Waals surface area contributed by atoms with E-state index in [9.17, 15) is 8.78 Å². The van der Waals surface area contributed by atoms with E-state index < -0.39 is 12.5 Å².